The zero-order valence-electron chi connectivity index (χ0n) is 10.2. The first-order chi connectivity index (χ1) is 7.09. The average molecular weight is 211 g/mol. The van der Waals surface area contributed by atoms with Gasteiger partial charge < -0.3 is 5.73 Å². The van der Waals surface area contributed by atoms with Gasteiger partial charge >= 0.3 is 0 Å². The van der Waals surface area contributed by atoms with E-state index < -0.39 is 0 Å². The van der Waals surface area contributed by atoms with Crippen LogP contribution in [0.1, 0.15) is 58.8 Å². The van der Waals surface area contributed by atoms with Crippen LogP contribution in [0.4, 0.5) is 0 Å². The van der Waals surface area contributed by atoms with Crippen LogP contribution in [0.2, 0.25) is 0 Å². The predicted molar refractivity (Wildman–Crippen MR) is 63.6 cm³/mol. The van der Waals surface area contributed by atoms with Crippen molar-refractivity contribution in [2.75, 3.05) is 0 Å². The SMILES string of the molecule is CC(=O)[C@@H](N)CC[C@@H](C)CC1CCCC1. The highest BCUT2D eigenvalue weighted by molar-refractivity contribution is 5.80. The van der Waals surface area contributed by atoms with Gasteiger partial charge in [-0.25, -0.2) is 0 Å². The van der Waals surface area contributed by atoms with Crippen molar-refractivity contribution in [3.05, 3.63) is 0 Å². The summed E-state index contributed by atoms with van der Waals surface area (Å²) in [6, 6.07) is -0.226. The predicted octanol–water partition coefficient (Wildman–Crippen LogP) is 2.90. The topological polar surface area (TPSA) is 43.1 Å². The molecule has 2 heteroatoms. The average Bonchev–Trinajstić information content (AvgIpc) is 2.66. The molecule has 0 saturated heterocycles. The molecular weight excluding hydrogens is 186 g/mol. The molecule has 2 N–H and O–H groups in total. The summed E-state index contributed by atoms with van der Waals surface area (Å²) in [4.78, 5) is 11.0. The summed E-state index contributed by atoms with van der Waals surface area (Å²) < 4.78 is 0. The van der Waals surface area contributed by atoms with E-state index in [1.165, 1.54) is 32.1 Å². The molecule has 15 heavy (non-hydrogen) atoms. The van der Waals surface area contributed by atoms with Crippen molar-refractivity contribution >= 4 is 5.78 Å². The standard InChI is InChI=1S/C13H25NO/c1-10(7-8-13(14)11(2)15)9-12-5-3-4-6-12/h10,12-13H,3-9,14H2,1-2H3/t10-,13+/m1/s1. The number of rotatable bonds is 6. The highest BCUT2D eigenvalue weighted by Gasteiger charge is 2.18. The van der Waals surface area contributed by atoms with E-state index in [0.29, 0.717) is 0 Å². The Morgan fingerprint density at radius 2 is 1.93 bits per heavy atom. The molecule has 1 saturated carbocycles. The molecule has 0 aliphatic heterocycles. The second-order valence-corrected chi connectivity index (χ2v) is 5.29. The summed E-state index contributed by atoms with van der Waals surface area (Å²) in [5.41, 5.74) is 5.72. The summed E-state index contributed by atoms with van der Waals surface area (Å²) in [6.45, 7) is 3.89. The van der Waals surface area contributed by atoms with Crippen molar-refractivity contribution in [1.82, 2.24) is 0 Å². The molecule has 1 aliphatic rings. The van der Waals surface area contributed by atoms with Gasteiger partial charge in [0.2, 0.25) is 0 Å². The maximum atomic E-state index is 11.0. The normalized spacial score (nSPS) is 21.5. The molecule has 0 aromatic heterocycles. The molecule has 2 atom stereocenters. The van der Waals surface area contributed by atoms with Crippen LogP contribution in [0, 0.1) is 11.8 Å². The van der Waals surface area contributed by atoms with E-state index in [1.807, 2.05) is 0 Å². The fraction of sp³-hybridized carbons (Fsp3) is 0.923. The molecule has 0 radical (unpaired) electrons. The maximum absolute atomic E-state index is 11.0. The first-order valence-electron chi connectivity index (χ1n) is 6.35. The van der Waals surface area contributed by atoms with Crippen molar-refractivity contribution in [3.63, 3.8) is 0 Å². The first-order valence-corrected chi connectivity index (χ1v) is 6.35. The second kappa shape index (κ2) is 6.26. The van der Waals surface area contributed by atoms with Crippen LogP contribution in [-0.4, -0.2) is 11.8 Å². The quantitative estimate of drug-likeness (QED) is 0.734. The Labute approximate surface area is 93.6 Å². The molecule has 1 aliphatic carbocycles. The van der Waals surface area contributed by atoms with E-state index >= 15 is 0 Å². The van der Waals surface area contributed by atoms with Crippen LogP contribution in [0.5, 0.6) is 0 Å². The molecule has 1 rings (SSSR count). The van der Waals surface area contributed by atoms with Gasteiger partial charge in [-0.05, 0) is 38.0 Å². The van der Waals surface area contributed by atoms with E-state index in [9.17, 15) is 4.79 Å². The molecule has 88 valence electrons. The molecule has 0 amide bonds. The number of carbonyl (C=O) groups excluding carboxylic acids is 1. The Kier molecular flexibility index (Phi) is 5.30. The zero-order valence-corrected chi connectivity index (χ0v) is 10.2. The third-order valence-electron chi connectivity index (χ3n) is 3.70. The van der Waals surface area contributed by atoms with Crippen molar-refractivity contribution in [1.29, 1.82) is 0 Å². The van der Waals surface area contributed by atoms with Crippen LogP contribution in [0.25, 0.3) is 0 Å². The molecular formula is C13H25NO. The van der Waals surface area contributed by atoms with Gasteiger partial charge in [0.1, 0.15) is 5.78 Å². The summed E-state index contributed by atoms with van der Waals surface area (Å²) >= 11 is 0. The summed E-state index contributed by atoms with van der Waals surface area (Å²) in [6.07, 6.45) is 8.99. The highest BCUT2D eigenvalue weighted by Crippen LogP contribution is 2.31. The van der Waals surface area contributed by atoms with Crippen LogP contribution >= 0.6 is 0 Å². The lowest BCUT2D eigenvalue weighted by Crippen LogP contribution is -2.28. The molecule has 0 heterocycles. The minimum atomic E-state index is -0.226. The molecule has 0 unspecified atom stereocenters. The summed E-state index contributed by atoms with van der Waals surface area (Å²) in [5.74, 6) is 1.81. The van der Waals surface area contributed by atoms with Gasteiger partial charge in [-0.15, -0.1) is 0 Å². The minimum absolute atomic E-state index is 0.128. The van der Waals surface area contributed by atoms with Gasteiger partial charge in [-0.2, -0.15) is 0 Å². The Balaban J connectivity index is 2.12. The molecule has 1 fully saturated rings. The van der Waals surface area contributed by atoms with Gasteiger partial charge in [-0.1, -0.05) is 32.6 Å². The van der Waals surface area contributed by atoms with Crippen molar-refractivity contribution in [2.24, 2.45) is 17.6 Å². The van der Waals surface area contributed by atoms with Crippen LogP contribution in [0.3, 0.4) is 0 Å². The summed E-state index contributed by atoms with van der Waals surface area (Å²) in [5, 5.41) is 0. The smallest absolute Gasteiger partial charge is 0.146 e. The van der Waals surface area contributed by atoms with E-state index in [0.717, 1.165) is 24.7 Å². The van der Waals surface area contributed by atoms with Gasteiger partial charge in [0.05, 0.1) is 6.04 Å². The van der Waals surface area contributed by atoms with Gasteiger partial charge in [0, 0.05) is 0 Å². The van der Waals surface area contributed by atoms with Crippen molar-refractivity contribution < 1.29 is 4.79 Å². The number of carbonyl (C=O) groups is 1. The maximum Gasteiger partial charge on any atom is 0.146 e. The molecule has 2 nitrogen and oxygen atoms in total. The third-order valence-corrected chi connectivity index (χ3v) is 3.70. The van der Waals surface area contributed by atoms with E-state index in [-0.39, 0.29) is 11.8 Å². The van der Waals surface area contributed by atoms with Crippen LogP contribution in [0.15, 0.2) is 0 Å². The Morgan fingerprint density at radius 3 is 2.47 bits per heavy atom. The lowest BCUT2D eigenvalue weighted by Gasteiger charge is -2.17. The number of hydrogen-bond donors (Lipinski definition) is 1. The fourth-order valence-corrected chi connectivity index (χ4v) is 2.60. The Bertz CT molecular complexity index is 197. The van der Waals surface area contributed by atoms with E-state index in [2.05, 4.69) is 6.92 Å². The highest BCUT2D eigenvalue weighted by atomic mass is 16.1. The first kappa shape index (κ1) is 12.7. The molecule has 0 aromatic rings. The number of ketones is 1. The minimum Gasteiger partial charge on any atom is -0.322 e. The monoisotopic (exact) mass is 211 g/mol. The van der Waals surface area contributed by atoms with Crippen molar-refractivity contribution in [2.45, 2.75) is 64.8 Å². The number of hydrogen-bond acceptors (Lipinski definition) is 2. The Hall–Kier alpha value is -0.370. The number of nitrogens with two attached hydrogens (primary N) is 1. The van der Waals surface area contributed by atoms with Gasteiger partial charge in [0.25, 0.3) is 0 Å². The zero-order chi connectivity index (χ0) is 11.3. The number of Topliss-reactive ketones (excluding diaryl/α,β-unsaturated/α-hetero) is 1. The second-order valence-electron chi connectivity index (χ2n) is 5.29. The largest absolute Gasteiger partial charge is 0.322 e. The van der Waals surface area contributed by atoms with Gasteiger partial charge in [-0.3, -0.25) is 4.79 Å². The van der Waals surface area contributed by atoms with Gasteiger partial charge in [0.15, 0.2) is 0 Å². The molecule has 0 bridgehead atoms. The lowest BCUT2D eigenvalue weighted by molar-refractivity contribution is -0.118. The Morgan fingerprint density at radius 1 is 1.33 bits per heavy atom. The van der Waals surface area contributed by atoms with Crippen molar-refractivity contribution in [3.8, 4) is 0 Å². The van der Waals surface area contributed by atoms with Crippen LogP contribution < -0.4 is 5.73 Å². The van der Waals surface area contributed by atoms with Crippen LogP contribution in [-0.2, 0) is 4.79 Å². The molecule has 0 spiro atoms. The fourth-order valence-electron chi connectivity index (χ4n) is 2.60. The van der Waals surface area contributed by atoms with E-state index in [1.54, 1.807) is 6.92 Å². The molecule has 0 aromatic carbocycles. The summed E-state index contributed by atoms with van der Waals surface area (Å²) in [7, 11) is 0. The van der Waals surface area contributed by atoms with E-state index in [4.69, 9.17) is 5.73 Å². The lowest BCUT2D eigenvalue weighted by atomic mass is 9.90. The third kappa shape index (κ3) is 4.78.